The maximum absolute atomic E-state index is 11.2. The van der Waals surface area contributed by atoms with Crippen LogP contribution < -0.4 is 9.50 Å². The first kappa shape index (κ1) is 24.8. The quantitative estimate of drug-likeness (QED) is 0.199. The Morgan fingerprint density at radius 3 is 2.55 bits per heavy atom. The lowest BCUT2D eigenvalue weighted by atomic mass is 9.81. The van der Waals surface area contributed by atoms with Crippen molar-refractivity contribution in [3.63, 3.8) is 0 Å². The van der Waals surface area contributed by atoms with Gasteiger partial charge in [0.25, 0.3) is 10.1 Å². The average molecular weight is 492 g/mol. The zero-order valence-corrected chi connectivity index (χ0v) is 20.0. The normalized spacial score (nSPS) is 16.4. The van der Waals surface area contributed by atoms with Crippen LogP contribution in [0.4, 0.5) is 11.4 Å². The van der Waals surface area contributed by atoms with E-state index in [4.69, 9.17) is 13.3 Å². The van der Waals surface area contributed by atoms with Crippen LogP contribution in [0.25, 0.3) is 0 Å². The van der Waals surface area contributed by atoms with Crippen molar-refractivity contribution in [2.45, 2.75) is 25.7 Å². The molecule has 0 spiro atoms. The molecule has 3 rings (SSSR count). The van der Waals surface area contributed by atoms with Gasteiger partial charge in [0.1, 0.15) is 12.3 Å². The molecule has 0 amide bonds. The van der Waals surface area contributed by atoms with Crippen molar-refractivity contribution in [2.75, 3.05) is 17.6 Å². The molecule has 33 heavy (non-hydrogen) atoms. The van der Waals surface area contributed by atoms with Crippen molar-refractivity contribution in [1.29, 1.82) is 0 Å². The molecule has 0 fully saturated rings. The second kappa shape index (κ2) is 10.4. The summed E-state index contributed by atoms with van der Waals surface area (Å²) in [5.41, 5.74) is 3.12. The number of rotatable bonds is 10. The molecule has 0 saturated carbocycles. The van der Waals surface area contributed by atoms with Gasteiger partial charge in [-0.2, -0.15) is 17.2 Å². The lowest BCUT2D eigenvalue weighted by Gasteiger charge is -2.15. The van der Waals surface area contributed by atoms with Crippen LogP contribution in [-0.4, -0.2) is 44.3 Å². The van der Waals surface area contributed by atoms with E-state index in [1.165, 1.54) is 0 Å². The van der Waals surface area contributed by atoms with Gasteiger partial charge in [-0.05, 0) is 44.2 Å². The van der Waals surface area contributed by atoms with Crippen LogP contribution in [0, 0.1) is 0 Å². The molecule has 2 aromatic rings. The maximum Gasteiger partial charge on any atom is 0.357 e. The van der Waals surface area contributed by atoms with E-state index in [1.807, 2.05) is 73.2 Å². The van der Waals surface area contributed by atoms with Crippen LogP contribution in [0.5, 0.6) is 5.75 Å². The zero-order chi connectivity index (χ0) is 24.1. The number of para-hydroxylation sites is 1. The Morgan fingerprint density at radius 1 is 1.15 bits per heavy atom. The number of nitrogens with one attached hydrogen (secondary N) is 1. The van der Waals surface area contributed by atoms with Crippen molar-refractivity contribution in [1.82, 2.24) is 0 Å². The van der Waals surface area contributed by atoms with Crippen LogP contribution in [-0.2, 0) is 26.9 Å². The van der Waals surface area contributed by atoms with Crippen LogP contribution in [0.15, 0.2) is 73.0 Å². The van der Waals surface area contributed by atoms with E-state index >= 15 is 0 Å². The number of nitrogens with zero attached hydrogens (tertiary/aromatic N) is 1. The summed E-state index contributed by atoms with van der Waals surface area (Å²) in [6, 6.07) is 14.8. The minimum atomic E-state index is -4.07. The summed E-state index contributed by atoms with van der Waals surface area (Å²) in [5.74, 6) is -0.0836. The first-order chi connectivity index (χ1) is 15.6. The van der Waals surface area contributed by atoms with Gasteiger partial charge in [-0.1, -0.05) is 24.3 Å². The third kappa shape index (κ3) is 6.61. The Hall–Kier alpha value is -2.79. The first-order valence-corrected chi connectivity index (χ1v) is 12.9. The van der Waals surface area contributed by atoms with Crippen LogP contribution in [0.2, 0.25) is 0 Å². The molecule has 0 bridgehead atoms. The molecule has 3 N–H and O–H groups in total. The number of fused-ring (bicyclic) bond motifs is 1. The fourth-order valence-electron chi connectivity index (χ4n) is 3.82. The average Bonchev–Trinajstić information content (AvgIpc) is 2.94. The van der Waals surface area contributed by atoms with Gasteiger partial charge in [0.05, 0.1) is 11.2 Å². The standard InChI is InChI=1S/C23H26N2O6S2/c1-23(2)20-17-19(31-32(26)27)12-13-21(20)25(15-8-16-33(28,29)30)22(23)11-6-7-14-24-18-9-4-3-5-10-18/h3-7,9-14,17H,8,15-16H2,1-2H3,(H2,26,27,28,29,30)/p+1. The van der Waals surface area contributed by atoms with Crippen molar-refractivity contribution >= 4 is 38.6 Å². The van der Waals surface area contributed by atoms with E-state index in [9.17, 15) is 12.6 Å². The van der Waals surface area contributed by atoms with Gasteiger partial charge in [0.2, 0.25) is 5.69 Å². The highest BCUT2D eigenvalue weighted by atomic mass is 32.2. The minimum Gasteiger partial charge on any atom is -0.380 e. The van der Waals surface area contributed by atoms with E-state index in [-0.39, 0.29) is 17.9 Å². The Labute approximate surface area is 196 Å². The SMILES string of the molecule is CC1(C)C(/C=C/C=C/Nc2ccccc2)=[N+](CCCS(=O)(=O)O)c2ccc(OS(=O)O)cc21. The fraction of sp³-hybridized carbons (Fsp3) is 0.261. The number of hydrogen-bond acceptors (Lipinski definition) is 5. The minimum absolute atomic E-state index is 0.232. The zero-order valence-electron chi connectivity index (χ0n) is 18.3. The van der Waals surface area contributed by atoms with Gasteiger partial charge in [0, 0.05) is 36.0 Å². The number of hydrogen-bond donors (Lipinski definition) is 3. The van der Waals surface area contributed by atoms with E-state index < -0.39 is 26.9 Å². The summed E-state index contributed by atoms with van der Waals surface area (Å²) in [5, 5.41) is 3.18. The maximum atomic E-state index is 11.2. The van der Waals surface area contributed by atoms with Crippen LogP contribution in [0.1, 0.15) is 25.8 Å². The number of allylic oxidation sites excluding steroid dienone is 3. The molecular weight excluding hydrogens is 464 g/mol. The molecule has 0 saturated heterocycles. The molecule has 1 heterocycles. The number of benzene rings is 2. The lowest BCUT2D eigenvalue weighted by molar-refractivity contribution is -0.437. The van der Waals surface area contributed by atoms with Gasteiger partial charge in [0.15, 0.2) is 5.71 Å². The van der Waals surface area contributed by atoms with Gasteiger partial charge in [-0.15, -0.1) is 0 Å². The summed E-state index contributed by atoms with van der Waals surface area (Å²) >= 11 is -2.44. The second-order valence-corrected chi connectivity index (χ2v) is 10.2. The summed E-state index contributed by atoms with van der Waals surface area (Å²) in [4.78, 5) is 0. The molecule has 10 heteroatoms. The molecule has 2 aromatic carbocycles. The van der Waals surface area contributed by atoms with Crippen molar-refractivity contribution in [3.05, 3.63) is 78.5 Å². The van der Waals surface area contributed by atoms with E-state index in [0.717, 1.165) is 22.6 Å². The molecule has 176 valence electrons. The van der Waals surface area contributed by atoms with Gasteiger partial charge >= 0.3 is 11.4 Å². The highest BCUT2D eigenvalue weighted by Crippen LogP contribution is 2.42. The van der Waals surface area contributed by atoms with E-state index in [0.29, 0.717) is 6.54 Å². The first-order valence-electron chi connectivity index (χ1n) is 10.3. The molecule has 1 aliphatic heterocycles. The van der Waals surface area contributed by atoms with Gasteiger partial charge < -0.3 is 9.50 Å². The number of anilines is 1. The van der Waals surface area contributed by atoms with Crippen LogP contribution >= 0.6 is 0 Å². The fourth-order valence-corrected chi connectivity index (χ4v) is 4.58. The monoisotopic (exact) mass is 491 g/mol. The Kier molecular flexibility index (Phi) is 7.85. The Morgan fingerprint density at radius 2 is 1.88 bits per heavy atom. The largest absolute Gasteiger partial charge is 0.380 e. The van der Waals surface area contributed by atoms with Crippen molar-refractivity contribution in [3.8, 4) is 5.75 Å². The Balaban J connectivity index is 1.89. The van der Waals surface area contributed by atoms with Gasteiger partial charge in [-0.3, -0.25) is 9.11 Å². The second-order valence-electron chi connectivity index (χ2n) is 8.01. The summed E-state index contributed by atoms with van der Waals surface area (Å²) < 4.78 is 58.6. The lowest BCUT2D eigenvalue weighted by Crippen LogP contribution is -2.28. The van der Waals surface area contributed by atoms with Crippen molar-refractivity contribution in [2.24, 2.45) is 0 Å². The predicted octanol–water partition coefficient (Wildman–Crippen LogP) is 4.04. The Bertz CT molecular complexity index is 1220. The van der Waals surface area contributed by atoms with E-state index in [1.54, 1.807) is 18.2 Å². The van der Waals surface area contributed by atoms with Gasteiger partial charge in [-0.25, -0.2) is 0 Å². The summed E-state index contributed by atoms with van der Waals surface area (Å²) in [6.07, 6.45) is 7.73. The van der Waals surface area contributed by atoms with E-state index in [2.05, 4.69) is 5.32 Å². The topological polar surface area (TPSA) is 116 Å². The molecular formula is C23H27N2O6S2+. The third-order valence-electron chi connectivity index (χ3n) is 5.30. The molecule has 1 aliphatic rings. The molecule has 0 radical (unpaired) electrons. The van der Waals surface area contributed by atoms with Crippen molar-refractivity contribution < 1.29 is 30.5 Å². The van der Waals surface area contributed by atoms with Crippen LogP contribution in [0.3, 0.4) is 0 Å². The highest BCUT2D eigenvalue weighted by Gasteiger charge is 2.44. The highest BCUT2D eigenvalue weighted by molar-refractivity contribution is 7.85. The third-order valence-corrected chi connectivity index (χ3v) is 6.44. The predicted molar refractivity (Wildman–Crippen MR) is 130 cm³/mol. The summed E-state index contributed by atoms with van der Waals surface area (Å²) in [7, 11) is -4.07. The molecule has 1 unspecified atom stereocenters. The molecule has 0 aliphatic carbocycles. The smallest absolute Gasteiger partial charge is 0.357 e. The molecule has 0 aromatic heterocycles. The molecule has 1 atom stereocenters. The molecule has 8 nitrogen and oxygen atoms in total. The summed E-state index contributed by atoms with van der Waals surface area (Å²) in [6.45, 7) is 4.40.